The van der Waals surface area contributed by atoms with Gasteiger partial charge in [-0.1, -0.05) is 18.2 Å². The van der Waals surface area contributed by atoms with Gasteiger partial charge >= 0.3 is 5.69 Å². The molecule has 3 N–H and O–H groups in total. The highest BCUT2D eigenvalue weighted by molar-refractivity contribution is 6.21. The van der Waals surface area contributed by atoms with Crippen molar-refractivity contribution < 1.29 is 19.4 Å². The van der Waals surface area contributed by atoms with E-state index in [1.807, 2.05) is 24.3 Å². The molecule has 2 aliphatic rings. The molecular weight excluding hydrogens is 388 g/mol. The van der Waals surface area contributed by atoms with Crippen molar-refractivity contribution in [3.8, 4) is 17.4 Å². The Labute approximate surface area is 169 Å². The Morgan fingerprint density at radius 2 is 2.07 bits per heavy atom. The topological polar surface area (TPSA) is 118 Å². The van der Waals surface area contributed by atoms with Crippen LogP contribution in [0.15, 0.2) is 52.3 Å². The number of benzene rings is 2. The van der Waals surface area contributed by atoms with Crippen molar-refractivity contribution in [1.29, 1.82) is 0 Å². The normalized spacial score (nSPS) is 14.9. The van der Waals surface area contributed by atoms with Gasteiger partial charge in [-0.3, -0.25) is 14.4 Å². The smallest absolute Gasteiger partial charge is 0.329 e. The number of aromatic amines is 1. The zero-order valence-corrected chi connectivity index (χ0v) is 15.6. The summed E-state index contributed by atoms with van der Waals surface area (Å²) in [5.41, 5.74) is 2.56. The van der Waals surface area contributed by atoms with E-state index in [0.29, 0.717) is 17.2 Å². The molecule has 9 nitrogen and oxygen atoms in total. The number of hydrogen-bond donors (Lipinski definition) is 3. The number of carbonyl (C=O) groups excluding carboxylic acids is 1. The lowest BCUT2D eigenvalue weighted by molar-refractivity contribution is -0.116. The molecular formula is C21H16N4O5. The Morgan fingerprint density at radius 3 is 2.97 bits per heavy atom. The number of carbonyl (C=O) groups is 1. The molecule has 1 aromatic heterocycles. The Morgan fingerprint density at radius 1 is 1.23 bits per heavy atom. The predicted octanol–water partition coefficient (Wildman–Crippen LogP) is 2.51. The molecule has 150 valence electrons. The summed E-state index contributed by atoms with van der Waals surface area (Å²) in [7, 11) is 0. The minimum atomic E-state index is -0.594. The quantitative estimate of drug-likeness (QED) is 0.618. The van der Waals surface area contributed by atoms with Gasteiger partial charge in [0.15, 0.2) is 11.5 Å². The van der Waals surface area contributed by atoms with Crippen molar-refractivity contribution in [2.24, 2.45) is 4.99 Å². The summed E-state index contributed by atoms with van der Waals surface area (Å²) in [5, 5.41) is 13.2. The van der Waals surface area contributed by atoms with Crippen LogP contribution in [0.25, 0.3) is 11.6 Å². The van der Waals surface area contributed by atoms with Gasteiger partial charge in [0, 0.05) is 29.1 Å². The number of rotatable bonds is 4. The molecule has 2 aromatic carbocycles. The maximum absolute atomic E-state index is 12.4. The number of aliphatic imine (C=N–C) groups is 1. The lowest BCUT2D eigenvalue weighted by Gasteiger charge is -2.07. The number of nitrogens with one attached hydrogen (secondary N) is 2. The molecule has 5 rings (SSSR count). The van der Waals surface area contributed by atoms with Crippen molar-refractivity contribution in [2.75, 3.05) is 12.1 Å². The lowest BCUT2D eigenvalue weighted by atomic mass is 10.1. The van der Waals surface area contributed by atoms with Crippen molar-refractivity contribution in [2.45, 2.75) is 6.54 Å². The monoisotopic (exact) mass is 404 g/mol. The van der Waals surface area contributed by atoms with Gasteiger partial charge in [-0.25, -0.2) is 4.79 Å². The molecule has 0 aliphatic carbocycles. The largest absolute Gasteiger partial charge is 0.493 e. The highest BCUT2D eigenvalue weighted by Crippen LogP contribution is 2.34. The first kappa shape index (κ1) is 17.8. The van der Waals surface area contributed by atoms with E-state index in [-0.39, 0.29) is 24.9 Å². The molecule has 0 atom stereocenters. The Bertz CT molecular complexity index is 1280. The fraction of sp³-hybridized carbons (Fsp3) is 0.0952. The average molecular weight is 404 g/mol. The molecule has 2 aliphatic heterocycles. The minimum absolute atomic E-state index is 0.132. The van der Waals surface area contributed by atoms with Crippen molar-refractivity contribution in [3.05, 3.63) is 64.2 Å². The maximum Gasteiger partial charge on any atom is 0.329 e. The summed E-state index contributed by atoms with van der Waals surface area (Å²) >= 11 is 0. The van der Waals surface area contributed by atoms with Crippen LogP contribution in [0.2, 0.25) is 0 Å². The highest BCUT2D eigenvalue weighted by atomic mass is 16.7. The standard InChI is InChI=1S/C21H16N4O5/c26-19(23-13-5-6-17-18(8-13)30-11-29-17)10-25-20(27)16(24-21(25)28)7-12-9-22-15-4-2-1-3-14(12)15/h1-9,27H,10-11H2,(H,23,26)(H,24,28). The van der Waals surface area contributed by atoms with Crippen LogP contribution in [-0.2, 0) is 11.3 Å². The summed E-state index contributed by atoms with van der Waals surface area (Å²) in [5.74, 6) is 0.326. The minimum Gasteiger partial charge on any atom is -0.493 e. The number of ether oxygens (including phenoxy) is 2. The third-order valence-electron chi connectivity index (χ3n) is 4.80. The number of para-hydroxylation sites is 1. The fourth-order valence-corrected chi connectivity index (χ4v) is 3.36. The molecule has 0 fully saturated rings. The SMILES string of the molecule is O=C(Cn1c(O)c(C=C2C=Nc3ccccc32)[nH]c1=O)Nc1ccc2c(c1)OCO2. The van der Waals surface area contributed by atoms with Gasteiger partial charge in [-0.2, -0.15) is 0 Å². The Hall–Kier alpha value is -4.27. The first-order chi connectivity index (χ1) is 14.6. The molecule has 0 spiro atoms. The highest BCUT2D eigenvalue weighted by Gasteiger charge is 2.18. The van der Waals surface area contributed by atoms with Crippen molar-refractivity contribution in [1.82, 2.24) is 9.55 Å². The molecule has 0 saturated carbocycles. The van der Waals surface area contributed by atoms with E-state index in [0.717, 1.165) is 21.4 Å². The van der Waals surface area contributed by atoms with E-state index in [1.165, 1.54) is 0 Å². The number of aromatic hydroxyl groups is 1. The van der Waals surface area contributed by atoms with Gasteiger partial charge in [0.05, 0.1) is 5.69 Å². The van der Waals surface area contributed by atoms with E-state index in [9.17, 15) is 14.7 Å². The van der Waals surface area contributed by atoms with Crippen LogP contribution in [0, 0.1) is 0 Å². The molecule has 3 heterocycles. The van der Waals surface area contributed by atoms with E-state index in [1.54, 1.807) is 30.5 Å². The zero-order valence-electron chi connectivity index (χ0n) is 15.6. The van der Waals surface area contributed by atoms with Crippen LogP contribution >= 0.6 is 0 Å². The summed E-state index contributed by atoms with van der Waals surface area (Å²) in [6.45, 7) is -0.226. The first-order valence-electron chi connectivity index (χ1n) is 9.15. The van der Waals surface area contributed by atoms with Crippen molar-refractivity contribution >= 4 is 35.1 Å². The van der Waals surface area contributed by atoms with Gasteiger partial charge in [0.1, 0.15) is 12.2 Å². The van der Waals surface area contributed by atoms with Gasteiger partial charge in [-0.05, 0) is 24.3 Å². The number of hydrogen-bond acceptors (Lipinski definition) is 6. The molecule has 1 amide bonds. The molecule has 9 heteroatoms. The summed E-state index contributed by atoms with van der Waals surface area (Å²) in [6, 6.07) is 12.5. The van der Waals surface area contributed by atoms with Crippen LogP contribution in [0.4, 0.5) is 11.4 Å². The van der Waals surface area contributed by atoms with E-state index < -0.39 is 11.6 Å². The number of amides is 1. The number of imidazole rings is 1. The number of allylic oxidation sites excluding steroid dienone is 1. The molecule has 3 aromatic rings. The second-order valence-electron chi connectivity index (χ2n) is 6.74. The van der Waals surface area contributed by atoms with Crippen molar-refractivity contribution in [3.63, 3.8) is 0 Å². The number of anilines is 1. The lowest BCUT2D eigenvalue weighted by Crippen LogP contribution is -2.25. The number of nitrogens with zero attached hydrogens (tertiary/aromatic N) is 2. The second-order valence-corrected chi connectivity index (χ2v) is 6.74. The van der Waals surface area contributed by atoms with Crippen LogP contribution in [-0.4, -0.2) is 33.6 Å². The van der Waals surface area contributed by atoms with Crippen LogP contribution in [0.5, 0.6) is 17.4 Å². The second kappa shape index (κ2) is 6.96. The summed E-state index contributed by atoms with van der Waals surface area (Å²) in [4.78, 5) is 31.6. The summed E-state index contributed by atoms with van der Waals surface area (Å²) < 4.78 is 11.5. The molecule has 0 saturated heterocycles. The Balaban J connectivity index is 1.36. The molecule has 0 bridgehead atoms. The van der Waals surface area contributed by atoms with Crippen LogP contribution in [0.1, 0.15) is 11.3 Å². The number of fused-ring (bicyclic) bond motifs is 2. The Kier molecular flexibility index (Phi) is 4.13. The van der Waals surface area contributed by atoms with Crippen LogP contribution in [0.3, 0.4) is 0 Å². The van der Waals surface area contributed by atoms with E-state index in [2.05, 4.69) is 15.3 Å². The molecule has 0 radical (unpaired) electrons. The number of H-pyrrole nitrogens is 1. The maximum atomic E-state index is 12.4. The third kappa shape index (κ3) is 3.12. The van der Waals surface area contributed by atoms with E-state index in [4.69, 9.17) is 9.47 Å². The van der Waals surface area contributed by atoms with Gasteiger partial charge in [-0.15, -0.1) is 0 Å². The zero-order chi connectivity index (χ0) is 20.7. The molecule has 30 heavy (non-hydrogen) atoms. The summed E-state index contributed by atoms with van der Waals surface area (Å²) in [6.07, 6.45) is 3.28. The van der Waals surface area contributed by atoms with Gasteiger partial charge in [0.25, 0.3) is 0 Å². The molecule has 0 unspecified atom stereocenters. The fourth-order valence-electron chi connectivity index (χ4n) is 3.36. The van der Waals surface area contributed by atoms with Gasteiger partial charge < -0.3 is 24.9 Å². The first-order valence-corrected chi connectivity index (χ1v) is 9.15. The van der Waals surface area contributed by atoms with E-state index >= 15 is 0 Å². The van der Waals surface area contributed by atoms with Gasteiger partial charge in [0.2, 0.25) is 18.6 Å². The third-order valence-corrected chi connectivity index (χ3v) is 4.80. The predicted molar refractivity (Wildman–Crippen MR) is 110 cm³/mol. The number of aromatic nitrogens is 2. The average Bonchev–Trinajstić information content (AvgIpc) is 3.43. The van der Waals surface area contributed by atoms with Crippen LogP contribution < -0.4 is 20.5 Å².